The van der Waals surface area contributed by atoms with E-state index in [1.807, 2.05) is 25.9 Å². The van der Waals surface area contributed by atoms with Crippen LogP contribution in [0.25, 0.3) is 0 Å². The first kappa shape index (κ1) is 11.4. The minimum Gasteiger partial charge on any atom is -0.345 e. The Morgan fingerprint density at radius 3 is 2.17 bits per heavy atom. The van der Waals surface area contributed by atoms with Gasteiger partial charge in [-0.15, -0.1) is 0 Å². The van der Waals surface area contributed by atoms with E-state index in [1.54, 1.807) is 11.9 Å². The molecule has 0 saturated heterocycles. The Hall–Kier alpha value is -0.610. The maximum absolute atomic E-state index is 11.6. The van der Waals surface area contributed by atoms with Crippen molar-refractivity contribution in [1.29, 1.82) is 0 Å². The van der Waals surface area contributed by atoms with E-state index in [0.717, 1.165) is 6.54 Å². The van der Waals surface area contributed by atoms with E-state index >= 15 is 0 Å². The molecule has 1 amide bonds. The summed E-state index contributed by atoms with van der Waals surface area (Å²) in [5, 5.41) is 0. The van der Waals surface area contributed by atoms with Gasteiger partial charge in [-0.3, -0.25) is 9.69 Å². The maximum atomic E-state index is 11.6. The summed E-state index contributed by atoms with van der Waals surface area (Å²) in [6, 6.07) is -0.185. The summed E-state index contributed by atoms with van der Waals surface area (Å²) in [5.41, 5.74) is 5.48. The highest BCUT2D eigenvalue weighted by Crippen LogP contribution is 1.96. The molecule has 0 radical (unpaired) electrons. The number of likely N-dealkylation sites (N-methyl/N-ethyl adjacent to an activating group) is 2. The highest BCUT2D eigenvalue weighted by atomic mass is 16.2. The van der Waals surface area contributed by atoms with Gasteiger partial charge in [0.15, 0.2) is 0 Å². The first-order valence-electron chi connectivity index (χ1n) is 4.16. The second kappa shape index (κ2) is 5.11. The van der Waals surface area contributed by atoms with Crippen molar-refractivity contribution in [3.05, 3.63) is 0 Å². The lowest BCUT2D eigenvalue weighted by atomic mass is 10.2. The van der Waals surface area contributed by atoms with Crippen LogP contribution in [0.4, 0.5) is 0 Å². The summed E-state index contributed by atoms with van der Waals surface area (Å²) in [6.07, 6.45) is 0. The van der Waals surface area contributed by atoms with Crippen molar-refractivity contribution in [2.24, 2.45) is 5.73 Å². The number of rotatable bonds is 4. The Morgan fingerprint density at radius 2 is 1.92 bits per heavy atom. The van der Waals surface area contributed by atoms with Crippen molar-refractivity contribution in [2.45, 2.75) is 13.0 Å². The molecule has 0 rings (SSSR count). The van der Waals surface area contributed by atoms with Crippen LogP contribution in [0.3, 0.4) is 0 Å². The molecule has 4 nitrogen and oxygen atoms in total. The van der Waals surface area contributed by atoms with Gasteiger partial charge in [0.2, 0.25) is 5.91 Å². The molecule has 0 fully saturated rings. The first-order valence-corrected chi connectivity index (χ1v) is 4.16. The molecule has 0 aliphatic rings. The molecule has 0 aromatic heterocycles. The molecule has 0 aromatic rings. The van der Waals surface area contributed by atoms with Gasteiger partial charge in [0.05, 0.1) is 0 Å². The molecule has 0 unspecified atom stereocenters. The van der Waals surface area contributed by atoms with E-state index in [4.69, 9.17) is 5.73 Å². The average molecular weight is 173 g/mol. The molecule has 0 saturated carbocycles. The Kier molecular flexibility index (Phi) is 4.85. The lowest BCUT2D eigenvalue weighted by Crippen LogP contribution is -2.48. The van der Waals surface area contributed by atoms with Crippen molar-refractivity contribution in [1.82, 2.24) is 9.80 Å². The molecular formula is C8H19N3O. The van der Waals surface area contributed by atoms with Crippen LogP contribution in [0.2, 0.25) is 0 Å². The summed E-state index contributed by atoms with van der Waals surface area (Å²) in [4.78, 5) is 15.1. The second-order valence-corrected chi connectivity index (χ2v) is 3.07. The Bertz CT molecular complexity index is 147. The second-order valence-electron chi connectivity index (χ2n) is 3.07. The molecule has 0 aliphatic heterocycles. The highest BCUT2D eigenvalue weighted by molar-refractivity contribution is 5.81. The van der Waals surface area contributed by atoms with Gasteiger partial charge in [-0.25, -0.2) is 0 Å². The zero-order valence-corrected chi connectivity index (χ0v) is 8.37. The van der Waals surface area contributed by atoms with Crippen LogP contribution in [0.1, 0.15) is 6.92 Å². The van der Waals surface area contributed by atoms with Crippen LogP contribution >= 0.6 is 0 Å². The monoisotopic (exact) mass is 173 g/mol. The minimum absolute atomic E-state index is 0.0880. The third-order valence-corrected chi connectivity index (χ3v) is 1.98. The SMILES string of the molecule is CCN(C)C(=O)[C@H](CN)N(C)C. The normalized spacial score (nSPS) is 13.2. The van der Waals surface area contributed by atoms with Gasteiger partial charge < -0.3 is 10.6 Å². The molecule has 0 aromatic carbocycles. The van der Waals surface area contributed by atoms with Gasteiger partial charge in [0.25, 0.3) is 0 Å². The highest BCUT2D eigenvalue weighted by Gasteiger charge is 2.21. The molecule has 72 valence electrons. The largest absolute Gasteiger partial charge is 0.345 e. The molecule has 0 spiro atoms. The number of amides is 1. The maximum Gasteiger partial charge on any atom is 0.240 e. The number of nitrogens with zero attached hydrogens (tertiary/aromatic N) is 2. The fraction of sp³-hybridized carbons (Fsp3) is 0.875. The van der Waals surface area contributed by atoms with E-state index in [1.165, 1.54) is 0 Å². The van der Waals surface area contributed by atoms with Crippen LogP contribution in [-0.4, -0.2) is 56.0 Å². The Labute approximate surface area is 74.3 Å². The molecule has 0 bridgehead atoms. The third-order valence-electron chi connectivity index (χ3n) is 1.98. The fourth-order valence-corrected chi connectivity index (χ4v) is 0.943. The zero-order valence-electron chi connectivity index (χ0n) is 8.37. The van der Waals surface area contributed by atoms with Crippen molar-refractivity contribution in [2.75, 3.05) is 34.2 Å². The Balaban J connectivity index is 4.21. The van der Waals surface area contributed by atoms with Gasteiger partial charge >= 0.3 is 0 Å². The molecular weight excluding hydrogens is 154 g/mol. The smallest absolute Gasteiger partial charge is 0.240 e. The van der Waals surface area contributed by atoms with Crippen molar-refractivity contribution >= 4 is 5.91 Å². The van der Waals surface area contributed by atoms with Gasteiger partial charge in [-0.2, -0.15) is 0 Å². The number of carbonyl (C=O) groups is 1. The van der Waals surface area contributed by atoms with E-state index < -0.39 is 0 Å². The number of carbonyl (C=O) groups excluding carboxylic acids is 1. The molecule has 0 aliphatic carbocycles. The Morgan fingerprint density at radius 1 is 1.42 bits per heavy atom. The lowest BCUT2D eigenvalue weighted by molar-refractivity contribution is -0.134. The van der Waals surface area contributed by atoms with E-state index in [-0.39, 0.29) is 11.9 Å². The van der Waals surface area contributed by atoms with Crippen molar-refractivity contribution < 1.29 is 4.79 Å². The lowest BCUT2D eigenvalue weighted by Gasteiger charge is -2.26. The minimum atomic E-state index is -0.185. The summed E-state index contributed by atoms with van der Waals surface area (Å²) < 4.78 is 0. The summed E-state index contributed by atoms with van der Waals surface area (Å²) in [6.45, 7) is 3.04. The summed E-state index contributed by atoms with van der Waals surface area (Å²) in [5.74, 6) is 0.0880. The van der Waals surface area contributed by atoms with Crippen LogP contribution < -0.4 is 5.73 Å². The van der Waals surface area contributed by atoms with Gasteiger partial charge in [0.1, 0.15) is 6.04 Å². The predicted octanol–water partition coefficient (Wildman–Crippen LogP) is -0.646. The average Bonchev–Trinajstić information content (AvgIpc) is 2.03. The van der Waals surface area contributed by atoms with E-state index in [2.05, 4.69) is 0 Å². The third kappa shape index (κ3) is 2.79. The standard InChI is InChI=1S/C8H19N3O/c1-5-11(4)8(12)7(6-9)10(2)3/h7H,5-6,9H2,1-4H3/t7-/m0/s1. The van der Waals surface area contributed by atoms with Gasteiger partial charge in [-0.05, 0) is 21.0 Å². The molecule has 2 N–H and O–H groups in total. The number of hydrogen-bond acceptors (Lipinski definition) is 3. The summed E-state index contributed by atoms with van der Waals surface area (Å²) >= 11 is 0. The first-order chi connectivity index (χ1) is 5.54. The predicted molar refractivity (Wildman–Crippen MR) is 49.8 cm³/mol. The van der Waals surface area contributed by atoms with Crippen molar-refractivity contribution in [3.8, 4) is 0 Å². The zero-order chi connectivity index (χ0) is 9.72. The van der Waals surface area contributed by atoms with Crippen LogP contribution in [0.5, 0.6) is 0 Å². The van der Waals surface area contributed by atoms with Gasteiger partial charge in [-0.1, -0.05) is 0 Å². The van der Waals surface area contributed by atoms with E-state index in [0.29, 0.717) is 6.54 Å². The van der Waals surface area contributed by atoms with Crippen LogP contribution in [-0.2, 0) is 4.79 Å². The van der Waals surface area contributed by atoms with Crippen LogP contribution in [0.15, 0.2) is 0 Å². The van der Waals surface area contributed by atoms with Crippen LogP contribution in [0, 0.1) is 0 Å². The van der Waals surface area contributed by atoms with Crippen molar-refractivity contribution in [3.63, 3.8) is 0 Å². The number of hydrogen-bond donors (Lipinski definition) is 1. The molecule has 4 heteroatoms. The quantitative estimate of drug-likeness (QED) is 0.615. The summed E-state index contributed by atoms with van der Waals surface area (Å²) in [7, 11) is 5.51. The molecule has 0 heterocycles. The topological polar surface area (TPSA) is 49.6 Å². The molecule has 1 atom stereocenters. The fourth-order valence-electron chi connectivity index (χ4n) is 0.943. The van der Waals surface area contributed by atoms with Gasteiger partial charge in [0, 0.05) is 20.1 Å². The number of nitrogens with two attached hydrogens (primary N) is 1. The van der Waals surface area contributed by atoms with E-state index in [9.17, 15) is 4.79 Å². The molecule has 12 heavy (non-hydrogen) atoms.